The van der Waals surface area contributed by atoms with Gasteiger partial charge in [0.25, 0.3) is 5.91 Å². The molecule has 0 aliphatic carbocycles. The number of hydrazine groups is 1. The van der Waals surface area contributed by atoms with Crippen LogP contribution in [0, 0.1) is 0 Å². The predicted molar refractivity (Wildman–Crippen MR) is 89.1 cm³/mol. The van der Waals surface area contributed by atoms with Crippen molar-refractivity contribution in [3.05, 3.63) is 55.9 Å². The molecule has 20 heavy (non-hydrogen) atoms. The number of nitrogen functional groups attached to an aromatic ring is 1. The molecule has 0 saturated carbocycles. The molecular weight excluding hydrogens is 409 g/mol. The third kappa shape index (κ3) is 3.52. The van der Waals surface area contributed by atoms with Crippen LogP contribution in [0.15, 0.2) is 45.3 Å². The highest BCUT2D eigenvalue weighted by atomic mass is 79.9. The molecule has 0 heterocycles. The summed E-state index contributed by atoms with van der Waals surface area (Å²) in [6.07, 6.45) is 0. The van der Waals surface area contributed by atoms with Crippen molar-refractivity contribution in [1.82, 2.24) is 0 Å². The summed E-state index contributed by atoms with van der Waals surface area (Å²) in [5.41, 5.74) is 3.99. The molecule has 1 amide bonds. The van der Waals surface area contributed by atoms with E-state index >= 15 is 0 Å². The van der Waals surface area contributed by atoms with Gasteiger partial charge in [-0.1, -0.05) is 27.5 Å². The summed E-state index contributed by atoms with van der Waals surface area (Å²) in [4.78, 5) is 12.3. The number of carbonyl (C=O) groups excluding carboxylic acids is 1. The van der Waals surface area contributed by atoms with E-state index in [0.717, 1.165) is 8.95 Å². The maximum absolute atomic E-state index is 12.3. The first-order valence-corrected chi connectivity index (χ1v) is 7.50. The second-order valence-electron chi connectivity index (χ2n) is 3.91. The fourth-order valence-electron chi connectivity index (χ4n) is 1.61. The molecule has 7 heteroatoms. The van der Waals surface area contributed by atoms with Gasteiger partial charge in [0.05, 0.1) is 16.9 Å². The molecular formula is C13H10Br2ClN3O. The monoisotopic (exact) mass is 417 g/mol. The number of anilines is 2. The highest BCUT2D eigenvalue weighted by Crippen LogP contribution is 2.28. The van der Waals surface area contributed by atoms with E-state index in [1.165, 1.54) is 0 Å². The fourth-order valence-corrected chi connectivity index (χ4v) is 2.49. The maximum atomic E-state index is 12.3. The van der Waals surface area contributed by atoms with Gasteiger partial charge in [0.1, 0.15) is 0 Å². The van der Waals surface area contributed by atoms with E-state index in [1.54, 1.807) is 24.3 Å². The van der Waals surface area contributed by atoms with Crippen molar-refractivity contribution >= 4 is 60.7 Å². The zero-order valence-electron chi connectivity index (χ0n) is 10.1. The van der Waals surface area contributed by atoms with E-state index < -0.39 is 0 Å². The van der Waals surface area contributed by atoms with Crippen molar-refractivity contribution in [2.24, 2.45) is 5.84 Å². The largest absolute Gasteiger partial charge is 0.323 e. The Morgan fingerprint density at radius 3 is 2.55 bits per heavy atom. The smallest absolute Gasteiger partial charge is 0.257 e. The van der Waals surface area contributed by atoms with Gasteiger partial charge in [-0.05, 0) is 52.3 Å². The first-order valence-electron chi connectivity index (χ1n) is 5.54. The summed E-state index contributed by atoms with van der Waals surface area (Å²) in [6.45, 7) is 0. The Hall–Kier alpha value is -1.08. The van der Waals surface area contributed by atoms with Crippen LogP contribution in [0.1, 0.15) is 10.4 Å². The number of halogens is 3. The maximum Gasteiger partial charge on any atom is 0.257 e. The molecule has 0 radical (unpaired) electrons. The molecule has 4 nitrogen and oxygen atoms in total. The molecule has 104 valence electrons. The van der Waals surface area contributed by atoms with Crippen molar-refractivity contribution in [1.29, 1.82) is 0 Å². The number of hydrogen-bond acceptors (Lipinski definition) is 3. The molecule has 2 aromatic carbocycles. The summed E-state index contributed by atoms with van der Waals surface area (Å²) in [6, 6.07) is 10.3. The average Bonchev–Trinajstić information content (AvgIpc) is 2.42. The Bertz CT molecular complexity index is 664. The molecule has 0 aliphatic heterocycles. The van der Waals surface area contributed by atoms with Crippen molar-refractivity contribution in [3.63, 3.8) is 0 Å². The van der Waals surface area contributed by atoms with Crippen LogP contribution in [0.3, 0.4) is 0 Å². The van der Waals surface area contributed by atoms with E-state index in [1.807, 2.05) is 12.1 Å². The predicted octanol–water partition coefficient (Wildman–Crippen LogP) is 4.40. The summed E-state index contributed by atoms with van der Waals surface area (Å²) in [5.74, 6) is 5.09. The van der Waals surface area contributed by atoms with Gasteiger partial charge in [0.15, 0.2) is 0 Å². The van der Waals surface area contributed by atoms with E-state index in [2.05, 4.69) is 42.6 Å². The van der Waals surface area contributed by atoms with Crippen LogP contribution in [-0.4, -0.2) is 5.91 Å². The van der Waals surface area contributed by atoms with Gasteiger partial charge in [-0.2, -0.15) is 0 Å². The Morgan fingerprint density at radius 1 is 1.10 bits per heavy atom. The first kappa shape index (κ1) is 15.3. The average molecular weight is 420 g/mol. The van der Waals surface area contributed by atoms with Crippen LogP contribution in [0.2, 0.25) is 5.02 Å². The number of benzene rings is 2. The third-order valence-electron chi connectivity index (χ3n) is 2.56. The molecule has 0 unspecified atom stereocenters. The number of hydrogen-bond donors (Lipinski definition) is 3. The van der Waals surface area contributed by atoms with E-state index in [-0.39, 0.29) is 5.91 Å². The summed E-state index contributed by atoms with van der Waals surface area (Å²) in [5, 5.41) is 3.26. The van der Waals surface area contributed by atoms with Gasteiger partial charge in [0, 0.05) is 14.0 Å². The number of nitrogens with one attached hydrogen (secondary N) is 2. The SMILES string of the molecule is NNc1ccc(Cl)cc1C(=O)Nc1cc(Br)ccc1Br. The highest BCUT2D eigenvalue weighted by molar-refractivity contribution is 9.11. The Kier molecular flexibility index (Phi) is 5.04. The summed E-state index contributed by atoms with van der Waals surface area (Å²) < 4.78 is 1.64. The van der Waals surface area contributed by atoms with Crippen molar-refractivity contribution in [3.8, 4) is 0 Å². The number of nitrogens with two attached hydrogens (primary N) is 1. The Labute approximate surface area is 137 Å². The molecule has 0 saturated heterocycles. The number of carbonyl (C=O) groups is 1. The molecule has 2 rings (SSSR count). The second kappa shape index (κ2) is 6.58. The lowest BCUT2D eigenvalue weighted by atomic mass is 10.1. The van der Waals surface area contributed by atoms with Crippen LogP contribution in [0.4, 0.5) is 11.4 Å². The molecule has 2 aromatic rings. The zero-order chi connectivity index (χ0) is 14.7. The standard InChI is InChI=1S/C13H10Br2ClN3O/c14-7-1-3-10(15)12(5-7)18-13(20)9-6-8(16)2-4-11(9)19-17/h1-6,19H,17H2,(H,18,20). The molecule has 0 atom stereocenters. The molecule has 0 spiro atoms. The molecule has 4 N–H and O–H groups in total. The van der Waals surface area contributed by atoms with Crippen LogP contribution in [-0.2, 0) is 0 Å². The van der Waals surface area contributed by atoms with Crippen LogP contribution in [0.25, 0.3) is 0 Å². The summed E-state index contributed by atoms with van der Waals surface area (Å²) >= 11 is 12.6. The van der Waals surface area contributed by atoms with E-state index in [9.17, 15) is 4.79 Å². The summed E-state index contributed by atoms with van der Waals surface area (Å²) in [7, 11) is 0. The first-order chi connectivity index (χ1) is 9.51. The lowest BCUT2D eigenvalue weighted by Gasteiger charge is -2.11. The molecule has 0 fully saturated rings. The highest BCUT2D eigenvalue weighted by Gasteiger charge is 2.13. The van der Waals surface area contributed by atoms with Gasteiger partial charge in [-0.25, -0.2) is 0 Å². The quantitative estimate of drug-likeness (QED) is 0.510. The normalized spacial score (nSPS) is 10.2. The minimum Gasteiger partial charge on any atom is -0.323 e. The molecule has 0 bridgehead atoms. The fraction of sp³-hybridized carbons (Fsp3) is 0. The minimum absolute atomic E-state index is 0.306. The Balaban J connectivity index is 2.32. The minimum atomic E-state index is -0.306. The van der Waals surface area contributed by atoms with Crippen LogP contribution >= 0.6 is 43.5 Å². The van der Waals surface area contributed by atoms with Gasteiger partial charge in [-0.15, -0.1) is 0 Å². The Morgan fingerprint density at radius 2 is 1.85 bits per heavy atom. The lowest BCUT2D eigenvalue weighted by molar-refractivity contribution is 0.102. The van der Waals surface area contributed by atoms with Gasteiger partial charge in [0.2, 0.25) is 0 Å². The van der Waals surface area contributed by atoms with Crippen molar-refractivity contribution in [2.45, 2.75) is 0 Å². The lowest BCUT2D eigenvalue weighted by Crippen LogP contribution is -2.17. The van der Waals surface area contributed by atoms with Crippen molar-refractivity contribution < 1.29 is 4.79 Å². The second-order valence-corrected chi connectivity index (χ2v) is 6.12. The third-order valence-corrected chi connectivity index (χ3v) is 3.98. The number of rotatable bonds is 3. The van der Waals surface area contributed by atoms with Gasteiger partial charge in [-0.3, -0.25) is 10.6 Å². The zero-order valence-corrected chi connectivity index (χ0v) is 14.0. The van der Waals surface area contributed by atoms with Gasteiger partial charge < -0.3 is 10.7 Å². The topological polar surface area (TPSA) is 67.1 Å². The number of amides is 1. The molecule has 0 aliphatic rings. The van der Waals surface area contributed by atoms with Crippen molar-refractivity contribution in [2.75, 3.05) is 10.7 Å². The molecule has 0 aromatic heterocycles. The van der Waals surface area contributed by atoms with Crippen LogP contribution < -0.4 is 16.6 Å². The van der Waals surface area contributed by atoms with E-state index in [4.69, 9.17) is 17.4 Å². The van der Waals surface area contributed by atoms with Crippen LogP contribution in [0.5, 0.6) is 0 Å². The van der Waals surface area contributed by atoms with Gasteiger partial charge >= 0.3 is 0 Å². The van der Waals surface area contributed by atoms with E-state index in [0.29, 0.717) is 22.0 Å².